The molecule has 2 aromatic rings. The third-order valence-electron chi connectivity index (χ3n) is 1.92. The van der Waals surface area contributed by atoms with Gasteiger partial charge in [0.2, 0.25) is 0 Å². The maximum atomic E-state index is 13.3. The molecule has 0 atom stereocenters. The molecule has 0 spiro atoms. The Morgan fingerprint density at radius 1 is 1.21 bits per heavy atom. The molecule has 0 N–H and O–H groups in total. The molecule has 0 bridgehead atoms. The van der Waals surface area contributed by atoms with E-state index in [1.165, 1.54) is 6.07 Å². The molecule has 1 aromatic carbocycles. The second-order valence-corrected chi connectivity index (χ2v) is 3.48. The van der Waals surface area contributed by atoms with E-state index in [0.29, 0.717) is 16.3 Å². The number of halogens is 2. The molecule has 0 saturated carbocycles. The van der Waals surface area contributed by atoms with Gasteiger partial charge in [-0.3, -0.25) is 0 Å². The van der Waals surface area contributed by atoms with Gasteiger partial charge < -0.3 is 4.42 Å². The first kappa shape index (κ1) is 9.28. The molecular formula is C11H8ClFO. The lowest BCUT2D eigenvalue weighted by Gasteiger charge is -1.96. The highest BCUT2D eigenvalue weighted by molar-refractivity contribution is 6.30. The predicted octanol–water partition coefficient (Wildman–Crippen LogP) is 4.05. The summed E-state index contributed by atoms with van der Waals surface area (Å²) in [6.45, 7) is 1.71. The van der Waals surface area contributed by atoms with E-state index >= 15 is 0 Å². The summed E-state index contributed by atoms with van der Waals surface area (Å²) < 4.78 is 18.5. The minimum absolute atomic E-state index is 0.263. The molecule has 0 aliphatic heterocycles. The Kier molecular flexibility index (Phi) is 2.30. The third kappa shape index (κ3) is 1.66. The number of rotatable bonds is 1. The van der Waals surface area contributed by atoms with E-state index in [4.69, 9.17) is 16.0 Å². The van der Waals surface area contributed by atoms with Gasteiger partial charge in [-0.1, -0.05) is 11.6 Å². The topological polar surface area (TPSA) is 13.1 Å². The summed E-state index contributed by atoms with van der Waals surface area (Å²) in [7, 11) is 0. The van der Waals surface area contributed by atoms with Crippen LogP contribution in [-0.2, 0) is 0 Å². The summed E-state index contributed by atoms with van der Waals surface area (Å²) in [5.74, 6) is 0.483. The molecule has 3 heteroatoms. The van der Waals surface area contributed by atoms with Crippen molar-refractivity contribution in [1.29, 1.82) is 0 Å². The number of benzene rings is 1. The lowest BCUT2D eigenvalue weighted by molar-refractivity contribution is 0.527. The predicted molar refractivity (Wildman–Crippen MR) is 53.8 cm³/mol. The minimum atomic E-state index is -0.343. The van der Waals surface area contributed by atoms with Gasteiger partial charge in [0.1, 0.15) is 5.76 Å². The zero-order valence-electron chi connectivity index (χ0n) is 7.55. The van der Waals surface area contributed by atoms with Crippen molar-refractivity contribution >= 4 is 11.6 Å². The molecule has 0 unspecified atom stereocenters. The van der Waals surface area contributed by atoms with E-state index in [0.717, 1.165) is 0 Å². The zero-order chi connectivity index (χ0) is 10.1. The van der Waals surface area contributed by atoms with Crippen molar-refractivity contribution < 1.29 is 8.81 Å². The number of hydrogen-bond acceptors (Lipinski definition) is 1. The van der Waals surface area contributed by atoms with Crippen molar-refractivity contribution in [3.05, 3.63) is 46.9 Å². The average molecular weight is 211 g/mol. The Morgan fingerprint density at radius 3 is 2.36 bits per heavy atom. The fourth-order valence-electron chi connectivity index (χ4n) is 1.28. The van der Waals surface area contributed by atoms with Crippen LogP contribution in [-0.4, -0.2) is 0 Å². The molecule has 0 aliphatic carbocycles. The second-order valence-electron chi connectivity index (χ2n) is 3.04. The van der Waals surface area contributed by atoms with Gasteiger partial charge in [-0.2, -0.15) is 0 Å². The molecule has 0 radical (unpaired) electrons. The minimum Gasteiger partial charge on any atom is -0.458 e. The Hall–Kier alpha value is -1.28. The maximum Gasteiger partial charge on any atom is 0.169 e. The van der Waals surface area contributed by atoms with Crippen LogP contribution >= 0.6 is 11.6 Å². The molecule has 1 nitrogen and oxygen atoms in total. The van der Waals surface area contributed by atoms with Gasteiger partial charge in [0.25, 0.3) is 0 Å². The van der Waals surface area contributed by atoms with Crippen molar-refractivity contribution in [2.75, 3.05) is 0 Å². The first-order valence-electron chi connectivity index (χ1n) is 4.18. The summed E-state index contributed by atoms with van der Waals surface area (Å²) in [5, 5.41) is 0.623. The number of hydrogen-bond donors (Lipinski definition) is 0. The number of furan rings is 1. The van der Waals surface area contributed by atoms with Crippen molar-refractivity contribution in [2.24, 2.45) is 0 Å². The van der Waals surface area contributed by atoms with Gasteiger partial charge in [0, 0.05) is 16.7 Å². The van der Waals surface area contributed by atoms with Crippen LogP contribution in [0, 0.1) is 12.7 Å². The first-order chi connectivity index (χ1) is 6.66. The molecule has 0 saturated heterocycles. The summed E-state index contributed by atoms with van der Waals surface area (Å²) in [4.78, 5) is 0. The fraction of sp³-hybridized carbons (Fsp3) is 0.0909. The van der Waals surface area contributed by atoms with Crippen LogP contribution in [0.25, 0.3) is 11.3 Å². The van der Waals surface area contributed by atoms with Crippen LogP contribution in [0.1, 0.15) is 5.76 Å². The molecule has 0 fully saturated rings. The molecule has 0 amide bonds. The van der Waals surface area contributed by atoms with E-state index in [-0.39, 0.29) is 11.6 Å². The third-order valence-corrected chi connectivity index (χ3v) is 2.17. The molecule has 0 aliphatic rings. The maximum absolute atomic E-state index is 13.3. The molecule has 2 rings (SSSR count). The Labute approximate surface area is 86.1 Å². The Morgan fingerprint density at radius 2 is 1.86 bits per heavy atom. The first-order valence-corrected chi connectivity index (χ1v) is 4.56. The van der Waals surface area contributed by atoms with Crippen molar-refractivity contribution in [1.82, 2.24) is 0 Å². The monoisotopic (exact) mass is 210 g/mol. The van der Waals surface area contributed by atoms with Crippen molar-refractivity contribution in [3.8, 4) is 11.3 Å². The summed E-state index contributed by atoms with van der Waals surface area (Å²) in [6, 6.07) is 8.22. The summed E-state index contributed by atoms with van der Waals surface area (Å²) >= 11 is 5.72. The van der Waals surface area contributed by atoms with Crippen LogP contribution in [0.4, 0.5) is 4.39 Å². The summed E-state index contributed by atoms with van der Waals surface area (Å²) in [6.07, 6.45) is 0. The SMILES string of the molecule is Cc1cc(F)c(-c2ccc(Cl)cc2)o1. The zero-order valence-corrected chi connectivity index (χ0v) is 8.31. The Bertz CT molecular complexity index is 445. The van der Waals surface area contributed by atoms with E-state index in [1.54, 1.807) is 31.2 Å². The fourth-order valence-corrected chi connectivity index (χ4v) is 1.41. The van der Waals surface area contributed by atoms with Gasteiger partial charge in [0.15, 0.2) is 11.6 Å². The van der Waals surface area contributed by atoms with Crippen LogP contribution in [0.15, 0.2) is 34.7 Å². The molecule has 1 aromatic heterocycles. The highest BCUT2D eigenvalue weighted by Crippen LogP contribution is 2.26. The average Bonchev–Trinajstić information content (AvgIpc) is 2.47. The van der Waals surface area contributed by atoms with Gasteiger partial charge in [-0.25, -0.2) is 4.39 Å². The van der Waals surface area contributed by atoms with Crippen molar-refractivity contribution in [2.45, 2.75) is 6.92 Å². The van der Waals surface area contributed by atoms with Gasteiger partial charge in [-0.15, -0.1) is 0 Å². The highest BCUT2D eigenvalue weighted by Gasteiger charge is 2.10. The molecule has 14 heavy (non-hydrogen) atoms. The van der Waals surface area contributed by atoms with E-state index < -0.39 is 0 Å². The van der Waals surface area contributed by atoms with E-state index in [2.05, 4.69) is 0 Å². The van der Waals surface area contributed by atoms with Gasteiger partial charge in [0.05, 0.1) is 0 Å². The van der Waals surface area contributed by atoms with Gasteiger partial charge >= 0.3 is 0 Å². The second kappa shape index (κ2) is 3.46. The number of aryl methyl sites for hydroxylation is 1. The standard InChI is InChI=1S/C11H8ClFO/c1-7-6-10(13)11(14-7)8-2-4-9(12)5-3-8/h2-6H,1H3. The van der Waals surface area contributed by atoms with Crippen LogP contribution in [0.2, 0.25) is 5.02 Å². The summed E-state index contributed by atoms with van der Waals surface area (Å²) in [5.41, 5.74) is 0.694. The van der Waals surface area contributed by atoms with Gasteiger partial charge in [-0.05, 0) is 31.2 Å². The smallest absolute Gasteiger partial charge is 0.169 e. The van der Waals surface area contributed by atoms with E-state index in [1.807, 2.05) is 0 Å². The lowest BCUT2D eigenvalue weighted by atomic mass is 10.2. The largest absolute Gasteiger partial charge is 0.458 e. The van der Waals surface area contributed by atoms with Crippen LogP contribution in [0.3, 0.4) is 0 Å². The van der Waals surface area contributed by atoms with Crippen molar-refractivity contribution in [3.63, 3.8) is 0 Å². The molecular weight excluding hydrogens is 203 g/mol. The van der Waals surface area contributed by atoms with E-state index in [9.17, 15) is 4.39 Å². The normalized spacial score (nSPS) is 10.5. The Balaban J connectivity index is 2.49. The quantitative estimate of drug-likeness (QED) is 0.692. The van der Waals surface area contributed by atoms with Crippen LogP contribution in [0.5, 0.6) is 0 Å². The molecule has 72 valence electrons. The molecule has 1 heterocycles. The van der Waals surface area contributed by atoms with Crippen LogP contribution < -0.4 is 0 Å². The lowest BCUT2D eigenvalue weighted by Crippen LogP contribution is -1.76. The highest BCUT2D eigenvalue weighted by atomic mass is 35.5.